The van der Waals surface area contributed by atoms with E-state index in [4.69, 9.17) is 31.5 Å². The maximum absolute atomic E-state index is 12.6. The van der Waals surface area contributed by atoms with Crippen molar-refractivity contribution in [1.29, 1.82) is 0 Å². The Morgan fingerprint density at radius 1 is 1.07 bits per heavy atom. The number of nitrogens with two attached hydrogens (primary N) is 1. The van der Waals surface area contributed by atoms with Crippen LogP contribution in [0.2, 0.25) is 0 Å². The molecule has 14 nitrogen and oxygen atoms in total. The molecule has 7 N–H and O–H groups in total. The second-order valence-electron chi connectivity index (χ2n) is 9.82. The van der Waals surface area contributed by atoms with Crippen LogP contribution in [0.15, 0.2) is 17.1 Å². The van der Waals surface area contributed by atoms with E-state index in [1.165, 1.54) is 10.6 Å². The first kappa shape index (κ1) is 33.3. The quantitative estimate of drug-likeness (QED) is 0.0907. The minimum Gasteiger partial charge on any atom is -0.470 e. The van der Waals surface area contributed by atoms with Crippen molar-refractivity contribution in [3.63, 3.8) is 0 Å². The summed E-state index contributed by atoms with van der Waals surface area (Å²) in [6.07, 6.45) is 5.96. The number of hydrogen-bond donors (Lipinski definition) is 6. The molecule has 0 bridgehead atoms. The summed E-state index contributed by atoms with van der Waals surface area (Å²) in [4.78, 5) is 43.7. The Morgan fingerprint density at radius 2 is 1.79 bits per heavy atom. The highest BCUT2D eigenvalue weighted by Crippen LogP contribution is 2.27. The molecule has 42 heavy (non-hydrogen) atoms. The van der Waals surface area contributed by atoms with Crippen LogP contribution in [0.4, 0.5) is 5.95 Å². The Hall–Kier alpha value is -3.17. The second-order valence-corrected chi connectivity index (χ2v) is 10.2. The van der Waals surface area contributed by atoms with Gasteiger partial charge in [-0.05, 0) is 19.3 Å². The summed E-state index contributed by atoms with van der Waals surface area (Å²) >= 11 is 5.64. The summed E-state index contributed by atoms with van der Waals surface area (Å²) in [5.41, 5.74) is 5.85. The number of fused-ring (bicyclic) bond motifs is 1. The van der Waals surface area contributed by atoms with E-state index in [0.29, 0.717) is 50.8 Å². The number of ether oxygens (including phenoxy) is 3. The number of nitrogens with zero attached hydrogens (tertiary/aromatic N) is 2. The van der Waals surface area contributed by atoms with Crippen molar-refractivity contribution in [3.05, 3.63) is 28.2 Å². The van der Waals surface area contributed by atoms with Crippen LogP contribution >= 0.6 is 11.6 Å². The van der Waals surface area contributed by atoms with E-state index in [2.05, 4.69) is 20.6 Å². The number of unbranched alkanes of at least 4 members (excludes halogenated alkanes) is 3. The topological polar surface area (TPSA) is 203 Å². The summed E-state index contributed by atoms with van der Waals surface area (Å²) in [7, 11) is 0. The molecule has 0 aromatic carbocycles. The number of carbonyl (C=O) groups is 2. The average Bonchev–Trinajstić information content (AvgIpc) is 3.52. The van der Waals surface area contributed by atoms with Gasteiger partial charge in [-0.1, -0.05) is 12.8 Å². The molecule has 0 aliphatic carbocycles. The van der Waals surface area contributed by atoms with E-state index in [0.717, 1.165) is 25.7 Å². The Kier molecular flexibility index (Phi) is 14.1. The van der Waals surface area contributed by atoms with Gasteiger partial charge in [0, 0.05) is 56.3 Å². The summed E-state index contributed by atoms with van der Waals surface area (Å²) in [5, 5.41) is 25.1. The van der Waals surface area contributed by atoms with Crippen molar-refractivity contribution in [1.82, 2.24) is 25.2 Å². The van der Waals surface area contributed by atoms with Crippen molar-refractivity contribution in [2.45, 2.75) is 63.7 Å². The number of amides is 2. The first-order valence-electron chi connectivity index (χ1n) is 14.2. The molecule has 0 fully saturated rings. The Labute approximate surface area is 248 Å². The van der Waals surface area contributed by atoms with Gasteiger partial charge in [0.15, 0.2) is 17.6 Å². The monoisotopic (exact) mass is 612 g/mol. The average molecular weight is 613 g/mol. The zero-order valence-corrected chi connectivity index (χ0v) is 24.4. The number of aromatic amines is 1. The number of nitrogen functional groups attached to an aromatic ring is 1. The molecule has 0 radical (unpaired) electrons. The van der Waals surface area contributed by atoms with Crippen molar-refractivity contribution in [2.24, 2.45) is 0 Å². The minimum atomic E-state index is -1.04. The highest BCUT2D eigenvalue weighted by molar-refractivity contribution is 6.17. The molecule has 1 aliphatic rings. The van der Waals surface area contributed by atoms with Gasteiger partial charge >= 0.3 is 0 Å². The Balaban J connectivity index is 1.34. The molecular weight excluding hydrogens is 572 g/mol. The van der Waals surface area contributed by atoms with Gasteiger partial charge in [-0.25, -0.2) is 0 Å². The van der Waals surface area contributed by atoms with Crippen molar-refractivity contribution in [2.75, 3.05) is 51.2 Å². The van der Waals surface area contributed by atoms with Crippen LogP contribution in [0.3, 0.4) is 0 Å². The van der Waals surface area contributed by atoms with Gasteiger partial charge in [0.25, 0.3) is 5.56 Å². The number of aliphatic hydroxyl groups is 2. The molecule has 0 saturated carbocycles. The van der Waals surface area contributed by atoms with Gasteiger partial charge in [-0.2, -0.15) is 4.98 Å². The number of carbonyl (C=O) groups excluding carboxylic acids is 2. The zero-order valence-electron chi connectivity index (χ0n) is 23.6. The lowest BCUT2D eigenvalue weighted by molar-refractivity contribution is -0.122. The fraction of sp³-hybridized carbons (Fsp3) is 0.630. The molecule has 2 amide bonds. The SMILES string of the molecule is Nc1nc2c(c(CNC(=O)CCCC(=O)NCCOCCOCCCCCCCl)cn2C2=CC(O)[C@@H](CO)O2)c(=O)[nH]1. The van der Waals surface area contributed by atoms with Crippen LogP contribution in [0.5, 0.6) is 0 Å². The summed E-state index contributed by atoms with van der Waals surface area (Å²) in [6.45, 7) is 2.03. The van der Waals surface area contributed by atoms with Crippen molar-refractivity contribution in [3.8, 4) is 0 Å². The van der Waals surface area contributed by atoms with Crippen LogP contribution in [-0.2, 0) is 30.3 Å². The number of aliphatic hydroxyl groups excluding tert-OH is 2. The van der Waals surface area contributed by atoms with Gasteiger partial charge in [0.05, 0.1) is 31.8 Å². The van der Waals surface area contributed by atoms with Crippen LogP contribution in [0, 0.1) is 0 Å². The van der Waals surface area contributed by atoms with E-state index < -0.39 is 24.4 Å². The number of alkyl halides is 1. The number of H-pyrrole nitrogens is 1. The lowest BCUT2D eigenvalue weighted by atomic mass is 10.2. The number of hydrogen-bond acceptors (Lipinski definition) is 10. The third-order valence-corrected chi connectivity index (χ3v) is 6.80. The molecular formula is C27H41ClN6O8. The number of rotatable bonds is 20. The highest BCUT2D eigenvalue weighted by atomic mass is 35.5. The molecule has 1 aliphatic heterocycles. The Bertz CT molecular complexity index is 1250. The minimum absolute atomic E-state index is 0.0115. The lowest BCUT2D eigenvalue weighted by Crippen LogP contribution is -2.28. The fourth-order valence-electron chi connectivity index (χ4n) is 4.34. The summed E-state index contributed by atoms with van der Waals surface area (Å²) < 4.78 is 18.0. The van der Waals surface area contributed by atoms with Gasteiger partial charge in [-0.15, -0.1) is 11.6 Å². The zero-order chi connectivity index (χ0) is 30.3. The molecule has 3 heterocycles. The van der Waals surface area contributed by atoms with Crippen molar-refractivity contribution >= 4 is 46.3 Å². The van der Waals surface area contributed by atoms with E-state index in [9.17, 15) is 24.6 Å². The lowest BCUT2D eigenvalue weighted by Gasteiger charge is -2.13. The normalized spacial score (nSPS) is 16.4. The third-order valence-electron chi connectivity index (χ3n) is 6.53. The van der Waals surface area contributed by atoms with E-state index in [1.54, 1.807) is 6.20 Å². The molecule has 3 rings (SSSR count). The van der Waals surface area contributed by atoms with E-state index >= 15 is 0 Å². The van der Waals surface area contributed by atoms with Gasteiger partial charge in [0.2, 0.25) is 17.8 Å². The molecule has 2 aromatic heterocycles. The number of aromatic nitrogens is 3. The molecule has 234 valence electrons. The molecule has 0 saturated heterocycles. The van der Waals surface area contributed by atoms with Gasteiger partial charge in [-0.3, -0.25) is 23.9 Å². The Morgan fingerprint density at radius 3 is 2.50 bits per heavy atom. The fourth-order valence-corrected chi connectivity index (χ4v) is 4.53. The molecule has 1 unspecified atom stereocenters. The largest absolute Gasteiger partial charge is 0.470 e. The standard InChI is InChI=1S/C27H41ClN6O8/c28-8-3-1-2-4-10-40-12-13-41-11-9-30-21(37)6-5-7-22(38)31-15-18-16-34(23-14-19(36)20(17-35)42-23)25-24(18)26(39)33-27(29)32-25/h14,16,19-20,35-36H,1-13,15,17H2,(H,30,37)(H,31,38)(H3,29,32,33,39)/t19?,20-/m1/s1. The van der Waals surface area contributed by atoms with Crippen LogP contribution in [0.25, 0.3) is 16.9 Å². The van der Waals surface area contributed by atoms with Crippen LogP contribution in [0.1, 0.15) is 50.5 Å². The maximum atomic E-state index is 12.6. The molecule has 15 heteroatoms. The third kappa shape index (κ3) is 10.3. The van der Waals surface area contributed by atoms with E-state index in [1.807, 2.05) is 0 Å². The molecule has 2 aromatic rings. The van der Waals surface area contributed by atoms with E-state index in [-0.39, 0.29) is 54.1 Å². The highest BCUT2D eigenvalue weighted by Gasteiger charge is 2.29. The first-order valence-corrected chi connectivity index (χ1v) is 14.7. The molecule has 2 atom stereocenters. The number of nitrogens with one attached hydrogen (secondary N) is 3. The number of halogens is 1. The van der Waals surface area contributed by atoms with Crippen LogP contribution in [-0.4, -0.2) is 94.2 Å². The second kappa shape index (κ2) is 17.7. The predicted octanol–water partition coefficient (Wildman–Crippen LogP) is 0.592. The smallest absolute Gasteiger partial charge is 0.262 e. The first-order chi connectivity index (χ1) is 20.3. The predicted molar refractivity (Wildman–Crippen MR) is 157 cm³/mol. The van der Waals surface area contributed by atoms with Gasteiger partial charge < -0.3 is 40.8 Å². The van der Waals surface area contributed by atoms with Crippen molar-refractivity contribution < 1.29 is 34.0 Å². The molecule has 0 spiro atoms. The van der Waals surface area contributed by atoms with Crippen LogP contribution < -0.4 is 21.9 Å². The van der Waals surface area contributed by atoms with Gasteiger partial charge in [0.1, 0.15) is 6.10 Å². The summed E-state index contributed by atoms with van der Waals surface area (Å²) in [6, 6.07) is 0. The maximum Gasteiger partial charge on any atom is 0.262 e. The number of anilines is 1. The summed E-state index contributed by atoms with van der Waals surface area (Å²) in [5.74, 6) is 0.296.